The van der Waals surface area contributed by atoms with Crippen LogP contribution in [0, 0.1) is 0 Å². The number of hydrogen-bond donors (Lipinski definition) is 0. The van der Waals surface area contributed by atoms with E-state index in [1.165, 1.54) is 10.4 Å². The number of benzene rings is 2. The molecule has 2 bridgehead atoms. The van der Waals surface area contributed by atoms with Crippen LogP contribution in [0.15, 0.2) is 60.7 Å². The molecule has 2 fully saturated rings. The van der Waals surface area contributed by atoms with Gasteiger partial charge in [0.2, 0.25) is 0 Å². The highest BCUT2D eigenvalue weighted by atomic mass is 28.4. The van der Waals surface area contributed by atoms with E-state index < -0.39 is 13.9 Å². The molecule has 178 valence electrons. The van der Waals surface area contributed by atoms with E-state index in [4.69, 9.17) is 13.9 Å². The molecule has 3 unspecified atom stereocenters. The molecule has 5 nitrogen and oxygen atoms in total. The van der Waals surface area contributed by atoms with E-state index in [0.717, 1.165) is 6.42 Å². The zero-order chi connectivity index (χ0) is 23.9. The van der Waals surface area contributed by atoms with Gasteiger partial charge in [0.15, 0.2) is 0 Å². The average molecular weight is 468 g/mol. The number of carbonyl (C=O) groups is 1. The predicted octanol–water partition coefficient (Wildman–Crippen LogP) is 4.34. The topological polar surface area (TPSA) is 48.0 Å². The molecule has 4 rings (SSSR count). The molecule has 0 spiro atoms. The Morgan fingerprint density at radius 2 is 1.52 bits per heavy atom. The first-order valence-corrected chi connectivity index (χ1v) is 13.8. The van der Waals surface area contributed by atoms with E-state index in [0.29, 0.717) is 13.2 Å². The molecule has 2 aliphatic rings. The fraction of sp³-hybridized carbons (Fsp3) is 0.519. The number of likely N-dealkylation sites (tertiary alicyclic amines) is 1. The third kappa shape index (κ3) is 4.61. The summed E-state index contributed by atoms with van der Waals surface area (Å²) in [7, 11) is -2.69. The van der Waals surface area contributed by atoms with Crippen molar-refractivity contribution in [2.24, 2.45) is 0 Å². The highest BCUT2D eigenvalue weighted by Gasteiger charge is 2.54. The van der Waals surface area contributed by atoms with Gasteiger partial charge in [-0.3, -0.25) is 4.90 Å². The molecule has 0 aliphatic carbocycles. The van der Waals surface area contributed by atoms with Crippen molar-refractivity contribution in [2.45, 2.75) is 76.8 Å². The second-order valence-electron chi connectivity index (χ2n) is 11.2. The first-order valence-electron chi connectivity index (χ1n) is 11.9. The van der Waals surface area contributed by atoms with Crippen LogP contribution in [-0.4, -0.2) is 56.3 Å². The molecular weight excluding hydrogens is 430 g/mol. The highest BCUT2D eigenvalue weighted by molar-refractivity contribution is 6.99. The summed E-state index contributed by atoms with van der Waals surface area (Å²) in [6.07, 6.45) is 0.559. The third-order valence-electron chi connectivity index (χ3n) is 6.68. The predicted molar refractivity (Wildman–Crippen MR) is 134 cm³/mol. The fourth-order valence-corrected chi connectivity index (χ4v) is 9.89. The molecule has 33 heavy (non-hydrogen) atoms. The van der Waals surface area contributed by atoms with E-state index in [1.54, 1.807) is 0 Å². The third-order valence-corrected chi connectivity index (χ3v) is 11.7. The molecule has 0 saturated carbocycles. The Kier molecular flexibility index (Phi) is 6.46. The van der Waals surface area contributed by atoms with Gasteiger partial charge >= 0.3 is 6.09 Å². The number of morpholine rings is 1. The monoisotopic (exact) mass is 467 g/mol. The van der Waals surface area contributed by atoms with Crippen molar-refractivity contribution in [2.75, 3.05) is 13.2 Å². The van der Waals surface area contributed by atoms with Gasteiger partial charge in [0.05, 0.1) is 31.4 Å². The van der Waals surface area contributed by atoms with E-state index in [-0.39, 0.29) is 29.3 Å². The lowest BCUT2D eigenvalue weighted by Gasteiger charge is -2.45. The Morgan fingerprint density at radius 1 is 0.970 bits per heavy atom. The number of nitrogens with zero attached hydrogens (tertiary/aromatic N) is 1. The van der Waals surface area contributed by atoms with E-state index in [9.17, 15) is 4.79 Å². The summed E-state index contributed by atoms with van der Waals surface area (Å²) in [5, 5.41) is 2.35. The van der Waals surface area contributed by atoms with E-state index >= 15 is 0 Å². The standard InChI is InChI=1S/C27H37NO4Si/c1-26(2,3)32-25(29)28-20-17-24(30-18-20)23(28)19-31-33(27(4,5)6,21-13-9-7-10-14-21)22-15-11-8-12-16-22/h7-16,20,23-24H,17-19H2,1-6H3. The van der Waals surface area contributed by atoms with Crippen LogP contribution in [0.5, 0.6) is 0 Å². The van der Waals surface area contributed by atoms with Gasteiger partial charge in [0.1, 0.15) is 5.60 Å². The Bertz CT molecular complexity index is 912. The molecule has 6 heteroatoms. The van der Waals surface area contributed by atoms with Gasteiger partial charge in [0.25, 0.3) is 8.32 Å². The van der Waals surface area contributed by atoms with E-state index in [1.807, 2.05) is 37.8 Å². The largest absolute Gasteiger partial charge is 0.444 e. The van der Waals surface area contributed by atoms with Crippen molar-refractivity contribution < 1.29 is 18.7 Å². The van der Waals surface area contributed by atoms with Crippen LogP contribution < -0.4 is 10.4 Å². The van der Waals surface area contributed by atoms with Gasteiger partial charge in [-0.05, 0) is 42.6 Å². The molecule has 2 aromatic rings. The lowest BCUT2D eigenvalue weighted by atomic mass is 10.2. The van der Waals surface area contributed by atoms with Crippen molar-refractivity contribution >= 4 is 24.8 Å². The van der Waals surface area contributed by atoms with Crippen molar-refractivity contribution in [3.8, 4) is 0 Å². The second kappa shape index (κ2) is 8.89. The van der Waals surface area contributed by atoms with Gasteiger partial charge in [-0.25, -0.2) is 4.79 Å². The Morgan fingerprint density at radius 3 is 2.00 bits per heavy atom. The summed E-state index contributed by atoms with van der Waals surface area (Å²) in [6, 6.07) is 21.1. The number of hydrogen-bond acceptors (Lipinski definition) is 4. The van der Waals surface area contributed by atoms with Gasteiger partial charge in [-0.2, -0.15) is 0 Å². The van der Waals surface area contributed by atoms with Crippen LogP contribution in [0.4, 0.5) is 4.79 Å². The van der Waals surface area contributed by atoms with Gasteiger partial charge in [-0.15, -0.1) is 0 Å². The molecule has 1 amide bonds. The van der Waals surface area contributed by atoms with Crippen LogP contribution >= 0.6 is 0 Å². The number of carbonyl (C=O) groups excluding carboxylic acids is 1. The minimum atomic E-state index is -2.69. The maximum Gasteiger partial charge on any atom is 0.411 e. The van der Waals surface area contributed by atoms with Crippen LogP contribution in [0.1, 0.15) is 48.0 Å². The summed E-state index contributed by atoms with van der Waals surface area (Å²) >= 11 is 0. The zero-order valence-corrected chi connectivity index (χ0v) is 21.7. The van der Waals surface area contributed by atoms with E-state index in [2.05, 4.69) is 69.3 Å². The lowest BCUT2D eigenvalue weighted by molar-refractivity contribution is -0.0465. The van der Waals surface area contributed by atoms with Crippen molar-refractivity contribution in [3.63, 3.8) is 0 Å². The molecule has 0 radical (unpaired) electrons. The van der Waals surface area contributed by atoms with Gasteiger partial charge in [-0.1, -0.05) is 81.4 Å². The summed E-state index contributed by atoms with van der Waals surface area (Å²) in [5.41, 5.74) is -0.539. The molecular formula is C27H37NO4Si. The van der Waals surface area contributed by atoms with Crippen LogP contribution in [-0.2, 0) is 13.9 Å². The molecule has 3 atom stereocenters. The minimum Gasteiger partial charge on any atom is -0.444 e. The number of fused-ring (bicyclic) bond motifs is 2. The minimum absolute atomic E-state index is 0.0132. The Balaban J connectivity index is 1.69. The number of ether oxygens (including phenoxy) is 2. The molecule has 0 aromatic heterocycles. The number of rotatable bonds is 5. The highest BCUT2D eigenvalue weighted by Crippen LogP contribution is 2.39. The maximum absolute atomic E-state index is 13.1. The average Bonchev–Trinajstić information content (AvgIpc) is 3.35. The Labute approximate surface area is 199 Å². The molecule has 2 saturated heterocycles. The van der Waals surface area contributed by atoms with Crippen molar-refractivity contribution in [3.05, 3.63) is 60.7 Å². The number of amides is 1. The molecule has 0 N–H and O–H groups in total. The summed E-state index contributed by atoms with van der Waals surface area (Å²) in [4.78, 5) is 15.0. The SMILES string of the molecule is CC(C)(C)OC(=O)N1C2COC(C2)C1CO[Si](c1ccccc1)(c1ccccc1)C(C)(C)C. The smallest absolute Gasteiger partial charge is 0.411 e. The van der Waals surface area contributed by atoms with Crippen LogP contribution in [0.3, 0.4) is 0 Å². The summed E-state index contributed by atoms with van der Waals surface area (Å²) < 4.78 is 18.9. The quantitative estimate of drug-likeness (QED) is 0.614. The molecule has 2 aromatic carbocycles. The van der Waals surface area contributed by atoms with Crippen molar-refractivity contribution in [1.29, 1.82) is 0 Å². The first-order chi connectivity index (χ1) is 15.5. The summed E-state index contributed by atoms with van der Waals surface area (Å²) in [6.45, 7) is 13.5. The molecule has 2 heterocycles. The van der Waals surface area contributed by atoms with Crippen LogP contribution in [0.25, 0.3) is 0 Å². The first kappa shape index (κ1) is 24.0. The zero-order valence-electron chi connectivity index (χ0n) is 20.7. The lowest BCUT2D eigenvalue weighted by Crippen LogP contribution is -2.68. The van der Waals surface area contributed by atoms with Crippen molar-refractivity contribution in [1.82, 2.24) is 4.90 Å². The fourth-order valence-electron chi connectivity index (χ4n) is 5.31. The molecule has 2 aliphatic heterocycles. The van der Waals surface area contributed by atoms with Crippen LogP contribution in [0.2, 0.25) is 5.04 Å². The Hall–Kier alpha value is -2.15. The second-order valence-corrected chi connectivity index (χ2v) is 15.5. The van der Waals surface area contributed by atoms with Gasteiger partial charge < -0.3 is 13.9 Å². The normalized spacial score (nSPS) is 23.1. The summed E-state index contributed by atoms with van der Waals surface area (Å²) in [5.74, 6) is 0. The maximum atomic E-state index is 13.1. The van der Waals surface area contributed by atoms with Gasteiger partial charge in [0, 0.05) is 0 Å².